The first-order chi connectivity index (χ1) is 12.7. The Hall–Kier alpha value is -1.60. The third kappa shape index (κ3) is 3.99. The summed E-state index contributed by atoms with van der Waals surface area (Å²) in [6.45, 7) is 5.02. The van der Waals surface area contributed by atoms with Crippen LogP contribution in [-0.4, -0.2) is 49.7 Å². The molecule has 1 aliphatic rings. The fraction of sp³-hybridized carbons (Fsp3) is 0.316. The molecule has 1 saturated heterocycles. The number of halogens is 2. The van der Waals surface area contributed by atoms with Gasteiger partial charge in [-0.3, -0.25) is 4.79 Å². The second-order valence-corrected chi connectivity index (χ2v) is 9.24. The molecule has 1 heterocycles. The van der Waals surface area contributed by atoms with Gasteiger partial charge in [-0.2, -0.15) is 4.31 Å². The zero-order valence-corrected chi connectivity index (χ0v) is 17.4. The minimum absolute atomic E-state index is 0.00870. The maximum absolute atomic E-state index is 12.9. The Morgan fingerprint density at radius 1 is 0.963 bits per heavy atom. The van der Waals surface area contributed by atoms with Crippen molar-refractivity contribution < 1.29 is 13.2 Å². The highest BCUT2D eigenvalue weighted by molar-refractivity contribution is 7.89. The summed E-state index contributed by atoms with van der Waals surface area (Å²) in [7, 11) is -3.76. The molecule has 0 radical (unpaired) electrons. The van der Waals surface area contributed by atoms with Crippen LogP contribution in [0.4, 0.5) is 0 Å². The Kier molecular flexibility index (Phi) is 5.82. The van der Waals surface area contributed by atoms with Crippen LogP contribution in [0.3, 0.4) is 0 Å². The molecule has 0 aromatic heterocycles. The molecule has 1 fully saturated rings. The summed E-state index contributed by atoms with van der Waals surface area (Å²) in [5.74, 6) is -0.0871. The van der Waals surface area contributed by atoms with E-state index in [1.165, 1.54) is 10.4 Å². The summed E-state index contributed by atoms with van der Waals surface area (Å²) >= 11 is 12.0. The number of hydrogen-bond acceptors (Lipinski definition) is 3. The van der Waals surface area contributed by atoms with Gasteiger partial charge < -0.3 is 4.90 Å². The molecule has 0 saturated carbocycles. The molecule has 0 atom stereocenters. The van der Waals surface area contributed by atoms with Gasteiger partial charge in [-0.05, 0) is 49.2 Å². The summed E-state index contributed by atoms with van der Waals surface area (Å²) in [6, 6.07) is 10.1. The van der Waals surface area contributed by atoms with Crippen molar-refractivity contribution in [2.24, 2.45) is 0 Å². The van der Waals surface area contributed by atoms with E-state index in [4.69, 9.17) is 23.2 Å². The van der Waals surface area contributed by atoms with Crippen molar-refractivity contribution in [3.8, 4) is 0 Å². The molecule has 144 valence electrons. The monoisotopic (exact) mass is 426 g/mol. The van der Waals surface area contributed by atoms with Crippen molar-refractivity contribution in [1.82, 2.24) is 9.21 Å². The van der Waals surface area contributed by atoms with Crippen LogP contribution in [-0.2, 0) is 10.0 Å². The largest absolute Gasteiger partial charge is 0.336 e. The predicted molar refractivity (Wildman–Crippen MR) is 107 cm³/mol. The third-order valence-corrected chi connectivity index (χ3v) is 7.69. The van der Waals surface area contributed by atoms with Crippen LogP contribution in [0.25, 0.3) is 0 Å². The van der Waals surface area contributed by atoms with Gasteiger partial charge in [0.1, 0.15) is 4.90 Å². The maximum Gasteiger partial charge on any atom is 0.253 e. The third-order valence-electron chi connectivity index (χ3n) is 4.81. The molecular formula is C19H20Cl2N2O3S. The Morgan fingerprint density at radius 2 is 1.63 bits per heavy atom. The summed E-state index contributed by atoms with van der Waals surface area (Å²) in [5, 5.41) is 0.217. The molecule has 3 rings (SSSR count). The molecule has 0 N–H and O–H groups in total. The zero-order valence-electron chi connectivity index (χ0n) is 15.1. The van der Waals surface area contributed by atoms with Crippen LogP contribution in [0.2, 0.25) is 10.0 Å². The van der Waals surface area contributed by atoms with Gasteiger partial charge in [-0.15, -0.1) is 0 Å². The van der Waals surface area contributed by atoms with E-state index >= 15 is 0 Å². The molecule has 1 aliphatic heterocycles. The Morgan fingerprint density at radius 3 is 2.26 bits per heavy atom. The zero-order chi connectivity index (χ0) is 19.8. The average molecular weight is 427 g/mol. The number of nitrogens with zero attached hydrogens (tertiary/aromatic N) is 2. The van der Waals surface area contributed by atoms with Gasteiger partial charge in [0.05, 0.1) is 10.0 Å². The second-order valence-electron chi connectivity index (χ2n) is 6.55. The van der Waals surface area contributed by atoms with Crippen molar-refractivity contribution in [3.05, 3.63) is 63.1 Å². The van der Waals surface area contributed by atoms with Crippen molar-refractivity contribution in [2.45, 2.75) is 18.7 Å². The van der Waals surface area contributed by atoms with Crippen molar-refractivity contribution in [2.75, 3.05) is 26.2 Å². The Bertz CT molecular complexity index is 984. The van der Waals surface area contributed by atoms with E-state index in [-0.39, 0.29) is 33.9 Å². The van der Waals surface area contributed by atoms with E-state index < -0.39 is 10.0 Å². The highest BCUT2D eigenvalue weighted by Crippen LogP contribution is 2.31. The first-order valence-corrected chi connectivity index (χ1v) is 10.7. The molecule has 27 heavy (non-hydrogen) atoms. The topological polar surface area (TPSA) is 57.7 Å². The predicted octanol–water partition coefficient (Wildman–Crippen LogP) is 3.76. The first-order valence-electron chi connectivity index (χ1n) is 8.52. The lowest BCUT2D eigenvalue weighted by atomic mass is 10.1. The molecule has 2 aromatic carbocycles. The van der Waals surface area contributed by atoms with Gasteiger partial charge in [0.2, 0.25) is 10.0 Å². The smallest absolute Gasteiger partial charge is 0.253 e. The van der Waals surface area contributed by atoms with Crippen molar-refractivity contribution >= 4 is 39.1 Å². The van der Waals surface area contributed by atoms with Gasteiger partial charge in [0.25, 0.3) is 5.91 Å². The second kappa shape index (κ2) is 7.80. The molecule has 0 bridgehead atoms. The highest BCUT2D eigenvalue weighted by atomic mass is 35.5. The van der Waals surface area contributed by atoms with Crippen LogP contribution >= 0.6 is 23.2 Å². The fourth-order valence-electron chi connectivity index (χ4n) is 3.01. The van der Waals surface area contributed by atoms with E-state index in [0.29, 0.717) is 18.7 Å². The number of benzene rings is 2. The number of aryl methyl sites for hydroxylation is 2. The van der Waals surface area contributed by atoms with E-state index in [9.17, 15) is 13.2 Å². The Balaban J connectivity index is 1.74. The average Bonchev–Trinajstić information content (AvgIpc) is 2.65. The van der Waals surface area contributed by atoms with E-state index in [0.717, 1.165) is 11.1 Å². The Labute approximate surface area is 169 Å². The number of sulfonamides is 1. The molecule has 8 heteroatoms. The SMILES string of the molecule is Cc1ccc(C(=O)N2CCN(S(=O)(=O)c3cccc(Cl)c3Cl)CC2)cc1C. The van der Waals surface area contributed by atoms with E-state index in [2.05, 4.69) is 0 Å². The molecule has 0 unspecified atom stereocenters. The summed E-state index contributed by atoms with van der Waals surface area (Å²) in [6.07, 6.45) is 0. The summed E-state index contributed by atoms with van der Waals surface area (Å²) in [5.41, 5.74) is 2.80. The van der Waals surface area contributed by atoms with Crippen molar-refractivity contribution in [1.29, 1.82) is 0 Å². The molecule has 1 amide bonds. The molecular weight excluding hydrogens is 407 g/mol. The normalized spacial score (nSPS) is 15.8. The van der Waals surface area contributed by atoms with Crippen LogP contribution in [0.1, 0.15) is 21.5 Å². The first kappa shape index (κ1) is 20.1. The van der Waals surface area contributed by atoms with Crippen LogP contribution < -0.4 is 0 Å². The molecule has 2 aromatic rings. The maximum atomic E-state index is 12.9. The van der Waals surface area contributed by atoms with Gasteiger partial charge in [0, 0.05) is 31.7 Å². The number of amides is 1. The van der Waals surface area contributed by atoms with Gasteiger partial charge >= 0.3 is 0 Å². The molecule has 5 nitrogen and oxygen atoms in total. The van der Waals surface area contributed by atoms with E-state index in [1.54, 1.807) is 23.1 Å². The highest BCUT2D eigenvalue weighted by Gasteiger charge is 2.32. The summed E-state index contributed by atoms with van der Waals surface area (Å²) in [4.78, 5) is 14.4. The lowest BCUT2D eigenvalue weighted by Crippen LogP contribution is -2.50. The van der Waals surface area contributed by atoms with Crippen LogP contribution in [0, 0.1) is 13.8 Å². The number of rotatable bonds is 3. The van der Waals surface area contributed by atoms with Crippen LogP contribution in [0.5, 0.6) is 0 Å². The number of carbonyl (C=O) groups excluding carboxylic acids is 1. The van der Waals surface area contributed by atoms with E-state index in [1.807, 2.05) is 26.0 Å². The lowest BCUT2D eigenvalue weighted by molar-refractivity contribution is 0.0698. The summed E-state index contributed by atoms with van der Waals surface area (Å²) < 4.78 is 27.1. The molecule has 0 spiro atoms. The van der Waals surface area contributed by atoms with Gasteiger partial charge in [0.15, 0.2) is 0 Å². The lowest BCUT2D eigenvalue weighted by Gasteiger charge is -2.34. The molecule has 0 aliphatic carbocycles. The number of piperazine rings is 1. The number of carbonyl (C=O) groups is 1. The number of hydrogen-bond donors (Lipinski definition) is 0. The van der Waals surface area contributed by atoms with Crippen LogP contribution in [0.15, 0.2) is 41.3 Å². The minimum Gasteiger partial charge on any atom is -0.336 e. The fourth-order valence-corrected chi connectivity index (χ4v) is 5.17. The van der Waals surface area contributed by atoms with Crippen molar-refractivity contribution in [3.63, 3.8) is 0 Å². The quantitative estimate of drug-likeness (QED) is 0.750. The standard InChI is InChI=1S/C19H20Cl2N2O3S/c1-13-6-7-15(12-14(13)2)19(24)22-8-10-23(11-9-22)27(25,26)17-5-3-4-16(20)18(17)21/h3-7,12H,8-11H2,1-2H3. The van der Waals surface area contributed by atoms with Gasteiger partial charge in [-0.1, -0.05) is 35.3 Å². The van der Waals surface area contributed by atoms with Gasteiger partial charge in [-0.25, -0.2) is 8.42 Å². The minimum atomic E-state index is -3.76.